The van der Waals surface area contributed by atoms with E-state index < -0.39 is 0 Å². The molecule has 5 heteroatoms. The molecule has 0 bridgehead atoms. The summed E-state index contributed by atoms with van der Waals surface area (Å²) in [5, 5.41) is 4.69. The van der Waals surface area contributed by atoms with Gasteiger partial charge in [0, 0.05) is 53.6 Å². The predicted molar refractivity (Wildman–Crippen MR) is 244 cm³/mol. The molecule has 0 amide bonds. The van der Waals surface area contributed by atoms with Crippen LogP contribution in [-0.4, -0.2) is 15.0 Å². The van der Waals surface area contributed by atoms with E-state index in [0.717, 1.165) is 61.7 Å². The van der Waals surface area contributed by atoms with Crippen molar-refractivity contribution in [2.75, 3.05) is 0 Å². The summed E-state index contributed by atoms with van der Waals surface area (Å²) in [4.78, 5) is 15.6. The fourth-order valence-electron chi connectivity index (χ4n) is 9.14. The highest BCUT2D eigenvalue weighted by Crippen LogP contribution is 2.44. The Hall–Kier alpha value is -7.21. The van der Waals surface area contributed by atoms with Crippen LogP contribution in [0.4, 0.5) is 0 Å². The smallest absolute Gasteiger partial charge is 0.165 e. The number of benzene rings is 8. The molecule has 0 aliphatic heterocycles. The van der Waals surface area contributed by atoms with Crippen molar-refractivity contribution in [3.05, 3.63) is 199 Å². The minimum Gasteiger partial charge on any atom is -0.456 e. The van der Waals surface area contributed by atoms with Gasteiger partial charge in [-0.1, -0.05) is 146 Å². The van der Waals surface area contributed by atoms with Crippen LogP contribution in [-0.2, 0) is 6.42 Å². The van der Waals surface area contributed by atoms with E-state index in [1.807, 2.05) is 30.3 Å². The largest absolute Gasteiger partial charge is 0.456 e. The van der Waals surface area contributed by atoms with E-state index in [9.17, 15) is 0 Å². The molecule has 0 saturated carbocycles. The number of rotatable bonds is 5. The Labute approximate surface area is 345 Å². The van der Waals surface area contributed by atoms with Gasteiger partial charge in [0.15, 0.2) is 17.5 Å². The molecule has 11 aromatic rings. The van der Waals surface area contributed by atoms with Crippen LogP contribution in [0.15, 0.2) is 186 Å². The Kier molecular flexibility index (Phi) is 7.88. The predicted octanol–water partition coefficient (Wildman–Crippen LogP) is 14.6. The quantitative estimate of drug-likeness (QED) is 0.175. The monoisotopic (exact) mass is 773 g/mol. The number of hydrogen-bond acceptors (Lipinski definition) is 5. The summed E-state index contributed by atoms with van der Waals surface area (Å²) in [5.74, 6) is 2.24. The molecule has 1 atom stereocenters. The third-order valence-electron chi connectivity index (χ3n) is 12.0. The van der Waals surface area contributed by atoms with Gasteiger partial charge in [-0.3, -0.25) is 0 Å². The number of aryl methyl sites for hydroxylation is 1. The van der Waals surface area contributed by atoms with Crippen molar-refractivity contribution in [3.63, 3.8) is 0 Å². The lowest BCUT2D eigenvalue weighted by Gasteiger charge is -2.19. The molecule has 3 aromatic heterocycles. The maximum atomic E-state index is 6.13. The van der Waals surface area contributed by atoms with Crippen LogP contribution in [0.2, 0.25) is 0 Å². The number of furan rings is 1. The van der Waals surface area contributed by atoms with E-state index in [-0.39, 0.29) is 5.92 Å². The summed E-state index contributed by atoms with van der Waals surface area (Å²) >= 11 is 1.80. The lowest BCUT2D eigenvalue weighted by molar-refractivity contribution is 0.669. The Morgan fingerprint density at radius 2 is 1.12 bits per heavy atom. The molecular weight excluding hydrogens is 739 g/mol. The fraction of sp³-hybridized carbons (Fsp3) is 0.0556. The highest BCUT2D eigenvalue weighted by molar-refractivity contribution is 7.26. The second-order valence-corrected chi connectivity index (χ2v) is 16.5. The Bertz CT molecular complexity index is 3420. The van der Waals surface area contributed by atoms with Gasteiger partial charge >= 0.3 is 0 Å². The number of hydrogen-bond donors (Lipinski definition) is 0. The summed E-state index contributed by atoms with van der Waals surface area (Å²) in [6.45, 7) is 0. The molecule has 1 unspecified atom stereocenters. The van der Waals surface area contributed by atoms with E-state index in [4.69, 9.17) is 19.4 Å². The van der Waals surface area contributed by atoms with Crippen LogP contribution in [0.5, 0.6) is 0 Å². The van der Waals surface area contributed by atoms with Gasteiger partial charge in [0.2, 0.25) is 0 Å². The zero-order valence-electron chi connectivity index (χ0n) is 32.0. The molecule has 0 saturated heterocycles. The fourth-order valence-corrected chi connectivity index (χ4v) is 10.4. The maximum Gasteiger partial charge on any atom is 0.165 e. The molecule has 0 spiro atoms. The summed E-state index contributed by atoms with van der Waals surface area (Å²) in [6.07, 6.45) is 2.05. The highest BCUT2D eigenvalue weighted by Gasteiger charge is 2.24. The average Bonchev–Trinajstić information content (AvgIpc) is 3.82. The van der Waals surface area contributed by atoms with Crippen LogP contribution < -0.4 is 0 Å². The molecule has 1 aliphatic carbocycles. The molecule has 3 heterocycles. The first kappa shape index (κ1) is 33.9. The number of para-hydroxylation sites is 1. The molecule has 1 aliphatic rings. The topological polar surface area (TPSA) is 51.8 Å². The second-order valence-electron chi connectivity index (χ2n) is 15.4. The van der Waals surface area contributed by atoms with Crippen molar-refractivity contribution in [3.8, 4) is 56.4 Å². The molecule has 12 rings (SSSR count). The minimum absolute atomic E-state index is 0.242. The second kappa shape index (κ2) is 13.7. The Morgan fingerprint density at radius 3 is 2.05 bits per heavy atom. The molecule has 0 N–H and O–H groups in total. The van der Waals surface area contributed by atoms with Gasteiger partial charge in [0.05, 0.1) is 0 Å². The van der Waals surface area contributed by atoms with Crippen molar-refractivity contribution in [2.24, 2.45) is 0 Å². The normalized spacial score (nSPS) is 13.8. The third-order valence-corrected chi connectivity index (χ3v) is 13.2. The molecule has 278 valence electrons. The van der Waals surface area contributed by atoms with Crippen molar-refractivity contribution < 1.29 is 4.42 Å². The van der Waals surface area contributed by atoms with Crippen molar-refractivity contribution in [2.45, 2.75) is 18.8 Å². The van der Waals surface area contributed by atoms with Crippen LogP contribution in [0, 0.1) is 0 Å². The third kappa shape index (κ3) is 5.77. The van der Waals surface area contributed by atoms with Crippen molar-refractivity contribution in [1.29, 1.82) is 0 Å². The van der Waals surface area contributed by atoms with E-state index in [1.54, 1.807) is 11.3 Å². The van der Waals surface area contributed by atoms with Gasteiger partial charge in [-0.15, -0.1) is 11.3 Å². The Morgan fingerprint density at radius 1 is 0.441 bits per heavy atom. The standard InChI is InChI=1S/C54H35N3OS/c1-2-13-34(14-3-1)52-55-53(38-16-10-15-37(30-38)40-27-24-33-12-4-5-17-39(33)41-18-6-7-19-42(40)41)57-54(56-52)46-22-11-21-45-44-28-25-36(32-50(44)59-51(45)46)35-26-29-49-47(31-35)43-20-8-9-23-48(43)58-49/h1-23,25-26,28-32,40H,24,27H2. The lowest BCUT2D eigenvalue weighted by atomic mass is 9.85. The first-order chi connectivity index (χ1) is 29.2. The summed E-state index contributed by atoms with van der Waals surface area (Å²) in [7, 11) is 0. The summed E-state index contributed by atoms with van der Waals surface area (Å²) in [6, 6.07) is 64.9. The number of fused-ring (bicyclic) bond motifs is 9. The number of aromatic nitrogens is 3. The summed E-state index contributed by atoms with van der Waals surface area (Å²) < 4.78 is 8.51. The van der Waals surface area contributed by atoms with Crippen molar-refractivity contribution in [1.82, 2.24) is 15.0 Å². The number of nitrogens with zero attached hydrogens (tertiary/aromatic N) is 3. The van der Waals surface area contributed by atoms with Crippen LogP contribution in [0.3, 0.4) is 0 Å². The maximum absolute atomic E-state index is 6.13. The van der Waals surface area contributed by atoms with E-state index in [2.05, 4.69) is 152 Å². The van der Waals surface area contributed by atoms with Crippen LogP contribution >= 0.6 is 11.3 Å². The van der Waals surface area contributed by atoms with Gasteiger partial charge in [-0.05, 0) is 88.2 Å². The van der Waals surface area contributed by atoms with Gasteiger partial charge in [-0.2, -0.15) is 0 Å². The number of thiophene rings is 1. The molecule has 59 heavy (non-hydrogen) atoms. The zero-order valence-corrected chi connectivity index (χ0v) is 32.8. The molecular formula is C54H35N3OS. The molecule has 4 nitrogen and oxygen atoms in total. The first-order valence-electron chi connectivity index (χ1n) is 20.2. The van der Waals surface area contributed by atoms with E-state index in [0.29, 0.717) is 17.5 Å². The SMILES string of the molecule is c1ccc(-c2nc(-c3cccc(C4CCc5ccccc5-c5ccccc54)c3)nc(-c3cccc4c3sc3cc(-c5ccc6oc7ccccc7c6c5)ccc34)n2)cc1. The molecule has 0 fully saturated rings. The average molecular weight is 774 g/mol. The van der Waals surface area contributed by atoms with Crippen LogP contribution in [0.1, 0.15) is 29.0 Å². The first-order valence-corrected chi connectivity index (χ1v) is 21.0. The van der Waals surface area contributed by atoms with Crippen LogP contribution in [0.25, 0.3) is 98.5 Å². The minimum atomic E-state index is 0.242. The van der Waals surface area contributed by atoms with Gasteiger partial charge in [-0.25, -0.2) is 15.0 Å². The van der Waals surface area contributed by atoms with Gasteiger partial charge in [0.1, 0.15) is 11.2 Å². The van der Waals surface area contributed by atoms with E-state index in [1.165, 1.54) is 48.9 Å². The summed E-state index contributed by atoms with van der Waals surface area (Å²) in [5.41, 5.74) is 13.8. The van der Waals surface area contributed by atoms with Gasteiger partial charge < -0.3 is 4.42 Å². The van der Waals surface area contributed by atoms with Crippen molar-refractivity contribution >= 4 is 53.4 Å². The Balaban J connectivity index is 0.974. The zero-order chi connectivity index (χ0) is 38.9. The van der Waals surface area contributed by atoms with Gasteiger partial charge in [0.25, 0.3) is 0 Å². The van der Waals surface area contributed by atoms with E-state index >= 15 is 0 Å². The molecule has 0 radical (unpaired) electrons. The molecule has 8 aromatic carbocycles. The lowest BCUT2D eigenvalue weighted by Crippen LogP contribution is -2.04. The highest BCUT2D eigenvalue weighted by atomic mass is 32.1.